The van der Waals surface area contributed by atoms with Gasteiger partial charge in [0.05, 0.1) is 12.1 Å². The SMILES string of the molecule is C.Cc1cnc(NCCc2ccc(C(F)(F)F)cc2)c(=O)n1CC(=O)NCCON=C(N)N. The van der Waals surface area contributed by atoms with Crippen LogP contribution in [0.3, 0.4) is 0 Å². The Morgan fingerprint density at radius 3 is 2.48 bits per heavy atom. The quantitative estimate of drug-likeness (QED) is 0.176. The van der Waals surface area contributed by atoms with E-state index >= 15 is 0 Å². The number of carbonyl (C=O) groups is 1. The molecule has 1 amide bonds. The highest BCUT2D eigenvalue weighted by atomic mass is 19.4. The molecule has 0 atom stereocenters. The van der Waals surface area contributed by atoms with Crippen LogP contribution in [0, 0.1) is 6.92 Å². The Kier molecular flexibility index (Phi) is 10.2. The summed E-state index contributed by atoms with van der Waals surface area (Å²) in [5.41, 5.74) is 10.1. The number of aromatic nitrogens is 2. The topological polar surface area (TPSA) is 150 Å². The number of halogens is 3. The van der Waals surface area contributed by atoms with E-state index in [4.69, 9.17) is 16.3 Å². The molecular weight excluding hydrogens is 443 g/mol. The monoisotopic (exact) mass is 471 g/mol. The fourth-order valence-electron chi connectivity index (χ4n) is 2.63. The molecule has 0 saturated heterocycles. The molecule has 33 heavy (non-hydrogen) atoms. The van der Waals surface area contributed by atoms with E-state index in [1.165, 1.54) is 22.9 Å². The predicted octanol–water partition coefficient (Wildman–Crippen LogP) is 1.18. The van der Waals surface area contributed by atoms with E-state index in [1.807, 2.05) is 0 Å². The van der Waals surface area contributed by atoms with E-state index in [0.717, 1.165) is 12.1 Å². The maximum absolute atomic E-state index is 12.6. The van der Waals surface area contributed by atoms with E-state index in [9.17, 15) is 22.8 Å². The lowest BCUT2D eigenvalue weighted by atomic mass is 10.1. The van der Waals surface area contributed by atoms with Crippen molar-refractivity contribution in [1.82, 2.24) is 14.9 Å². The first kappa shape index (κ1) is 27.3. The van der Waals surface area contributed by atoms with Crippen LogP contribution < -0.4 is 27.7 Å². The lowest BCUT2D eigenvalue weighted by Crippen LogP contribution is -2.36. The molecule has 6 N–H and O–H groups in total. The number of anilines is 1. The number of oxime groups is 1. The molecule has 13 heteroatoms. The average molecular weight is 471 g/mol. The molecule has 0 bridgehead atoms. The maximum Gasteiger partial charge on any atom is 0.416 e. The predicted molar refractivity (Wildman–Crippen MR) is 118 cm³/mol. The molecule has 1 aromatic carbocycles. The van der Waals surface area contributed by atoms with Gasteiger partial charge in [0.2, 0.25) is 11.9 Å². The number of carbonyl (C=O) groups excluding carboxylic acids is 1. The summed E-state index contributed by atoms with van der Waals surface area (Å²) in [4.78, 5) is 33.5. The summed E-state index contributed by atoms with van der Waals surface area (Å²) in [6.07, 6.45) is -2.57. The summed E-state index contributed by atoms with van der Waals surface area (Å²) in [5.74, 6) is -0.634. The molecule has 0 unspecified atom stereocenters. The third-order valence-corrected chi connectivity index (χ3v) is 4.23. The van der Waals surface area contributed by atoms with Crippen molar-refractivity contribution in [3.63, 3.8) is 0 Å². The summed E-state index contributed by atoms with van der Waals surface area (Å²) in [7, 11) is 0. The highest BCUT2D eigenvalue weighted by Gasteiger charge is 2.29. The number of benzene rings is 1. The highest BCUT2D eigenvalue weighted by Crippen LogP contribution is 2.29. The minimum atomic E-state index is -4.39. The first-order chi connectivity index (χ1) is 15.1. The lowest BCUT2D eigenvalue weighted by molar-refractivity contribution is -0.137. The highest BCUT2D eigenvalue weighted by molar-refractivity contribution is 5.76. The van der Waals surface area contributed by atoms with Gasteiger partial charge in [0, 0.05) is 18.4 Å². The van der Waals surface area contributed by atoms with Crippen molar-refractivity contribution >= 4 is 17.7 Å². The molecule has 182 valence electrons. The Balaban J connectivity index is 0.00000544. The Hall–Kier alpha value is -3.77. The average Bonchev–Trinajstić information content (AvgIpc) is 2.72. The minimum Gasteiger partial charge on any atom is -0.391 e. The Morgan fingerprint density at radius 1 is 1.21 bits per heavy atom. The number of nitrogens with one attached hydrogen (secondary N) is 2. The molecule has 0 saturated carbocycles. The number of nitrogens with two attached hydrogens (primary N) is 2. The molecule has 0 fully saturated rings. The lowest BCUT2D eigenvalue weighted by Gasteiger charge is -2.12. The molecule has 0 radical (unpaired) electrons. The number of guanidine groups is 1. The van der Waals surface area contributed by atoms with E-state index in [0.29, 0.717) is 17.7 Å². The second-order valence-electron chi connectivity index (χ2n) is 6.71. The Morgan fingerprint density at radius 2 is 1.88 bits per heavy atom. The van der Waals surface area contributed by atoms with Gasteiger partial charge in [-0.1, -0.05) is 19.6 Å². The van der Waals surface area contributed by atoms with Gasteiger partial charge in [0.1, 0.15) is 13.2 Å². The largest absolute Gasteiger partial charge is 0.416 e. The number of hydrogen-bond acceptors (Lipinski definition) is 6. The minimum absolute atomic E-state index is 0. The Bertz CT molecular complexity index is 1000. The number of amides is 1. The second kappa shape index (κ2) is 12.3. The van der Waals surface area contributed by atoms with Crippen molar-refractivity contribution in [2.24, 2.45) is 16.6 Å². The number of nitrogens with zero attached hydrogens (tertiary/aromatic N) is 3. The third kappa shape index (κ3) is 8.71. The van der Waals surface area contributed by atoms with E-state index < -0.39 is 23.2 Å². The van der Waals surface area contributed by atoms with Crippen LogP contribution in [-0.2, 0) is 28.8 Å². The van der Waals surface area contributed by atoms with Crippen molar-refractivity contribution in [2.75, 3.05) is 25.0 Å². The molecule has 2 rings (SSSR count). The summed E-state index contributed by atoms with van der Waals surface area (Å²) >= 11 is 0. The molecule has 0 aliphatic heterocycles. The third-order valence-electron chi connectivity index (χ3n) is 4.23. The van der Waals surface area contributed by atoms with Crippen LogP contribution in [-0.4, -0.2) is 41.1 Å². The molecule has 0 aliphatic rings. The zero-order valence-corrected chi connectivity index (χ0v) is 17.3. The van der Waals surface area contributed by atoms with Gasteiger partial charge in [0.25, 0.3) is 5.56 Å². The van der Waals surface area contributed by atoms with Gasteiger partial charge in [-0.2, -0.15) is 13.2 Å². The maximum atomic E-state index is 12.6. The summed E-state index contributed by atoms with van der Waals surface area (Å²) in [5, 5.41) is 8.73. The van der Waals surface area contributed by atoms with Crippen LogP contribution in [0.15, 0.2) is 40.4 Å². The first-order valence-corrected chi connectivity index (χ1v) is 9.52. The van der Waals surface area contributed by atoms with Gasteiger partial charge in [-0.05, 0) is 36.2 Å². The molecular formula is C20H28F3N7O3. The summed E-state index contributed by atoms with van der Waals surface area (Å²) in [6.45, 7) is 1.85. The van der Waals surface area contributed by atoms with Crippen molar-refractivity contribution < 1.29 is 22.8 Å². The van der Waals surface area contributed by atoms with Gasteiger partial charge >= 0.3 is 6.18 Å². The first-order valence-electron chi connectivity index (χ1n) is 9.52. The van der Waals surface area contributed by atoms with Crippen LogP contribution in [0.1, 0.15) is 24.2 Å². The van der Waals surface area contributed by atoms with Crippen LogP contribution >= 0.6 is 0 Å². The molecule has 10 nitrogen and oxygen atoms in total. The van der Waals surface area contributed by atoms with Crippen molar-refractivity contribution in [1.29, 1.82) is 0 Å². The number of alkyl halides is 3. The standard InChI is InChI=1S/C19H24F3N7O3.CH4/c1-12-10-27-16(26-7-6-13-2-4-14(5-3-13)19(20,21)22)17(31)29(12)11-15(30)25-8-9-32-28-18(23)24;/h2-5,10H,6-9,11H2,1H3,(H,25,30)(H,26,27)(H4,23,24,28);1H4. The van der Waals surface area contributed by atoms with Gasteiger partial charge in [-0.3, -0.25) is 14.2 Å². The van der Waals surface area contributed by atoms with Crippen LogP contribution in [0.2, 0.25) is 0 Å². The van der Waals surface area contributed by atoms with Crippen LogP contribution in [0.25, 0.3) is 0 Å². The van der Waals surface area contributed by atoms with Crippen LogP contribution in [0.4, 0.5) is 19.0 Å². The molecule has 0 aliphatic carbocycles. The Labute approximate surface area is 188 Å². The molecule has 1 heterocycles. The molecule has 1 aromatic heterocycles. The number of aryl methyl sites for hydroxylation is 1. The zero-order valence-electron chi connectivity index (χ0n) is 17.3. The fourth-order valence-corrected chi connectivity index (χ4v) is 2.63. The summed E-state index contributed by atoms with van der Waals surface area (Å²) in [6, 6.07) is 4.78. The van der Waals surface area contributed by atoms with Gasteiger partial charge in [-0.15, -0.1) is 0 Å². The van der Waals surface area contributed by atoms with Crippen molar-refractivity contribution in [3.05, 3.63) is 57.6 Å². The number of hydrogen-bond donors (Lipinski definition) is 4. The van der Waals surface area contributed by atoms with Gasteiger partial charge in [0.15, 0.2) is 5.82 Å². The normalized spacial score (nSPS) is 10.7. The summed E-state index contributed by atoms with van der Waals surface area (Å²) < 4.78 is 39.1. The second-order valence-corrected chi connectivity index (χ2v) is 6.71. The zero-order chi connectivity index (χ0) is 23.7. The van der Waals surface area contributed by atoms with E-state index in [1.54, 1.807) is 6.92 Å². The molecule has 2 aromatic rings. The fraction of sp³-hybridized carbons (Fsp3) is 0.400. The van der Waals surface area contributed by atoms with Gasteiger partial charge in [-0.25, -0.2) is 4.98 Å². The van der Waals surface area contributed by atoms with Gasteiger partial charge < -0.3 is 26.9 Å². The smallest absolute Gasteiger partial charge is 0.391 e. The van der Waals surface area contributed by atoms with Crippen molar-refractivity contribution in [2.45, 2.75) is 33.5 Å². The van der Waals surface area contributed by atoms with E-state index in [2.05, 4.69) is 20.8 Å². The van der Waals surface area contributed by atoms with Crippen molar-refractivity contribution in [3.8, 4) is 0 Å². The van der Waals surface area contributed by atoms with Crippen LogP contribution in [0.5, 0.6) is 0 Å². The molecule has 0 spiro atoms. The number of rotatable bonds is 10. The van der Waals surface area contributed by atoms with E-state index in [-0.39, 0.29) is 45.4 Å².